The van der Waals surface area contributed by atoms with Crippen LogP contribution in [0.4, 0.5) is 5.69 Å². The lowest BCUT2D eigenvalue weighted by atomic mass is 10.2. The highest BCUT2D eigenvalue weighted by atomic mass is 16.6. The highest BCUT2D eigenvalue weighted by Crippen LogP contribution is 2.13. The minimum Gasteiger partial charge on any atom is -0.455 e. The molecule has 1 atom stereocenters. The lowest BCUT2D eigenvalue weighted by molar-refractivity contribution is -0.384. The molecule has 5 nitrogen and oxygen atoms in total. The van der Waals surface area contributed by atoms with Gasteiger partial charge in [-0.15, -0.1) is 0 Å². The van der Waals surface area contributed by atoms with Gasteiger partial charge in [0.1, 0.15) is 6.10 Å². The molecule has 0 aliphatic carbocycles. The zero-order chi connectivity index (χ0) is 15.9. The molecule has 0 unspecified atom stereocenters. The van der Waals surface area contributed by atoms with Gasteiger partial charge in [-0.05, 0) is 30.7 Å². The Morgan fingerprint density at radius 3 is 2.36 bits per heavy atom. The van der Waals surface area contributed by atoms with Crippen molar-refractivity contribution in [3.8, 4) is 0 Å². The second-order valence-electron chi connectivity index (χ2n) is 4.68. The molecule has 2 aromatic rings. The minimum atomic E-state index is -0.514. The van der Waals surface area contributed by atoms with E-state index in [0.717, 1.165) is 5.56 Å². The predicted octanol–water partition coefficient (Wildman–Crippen LogP) is 3.85. The lowest BCUT2D eigenvalue weighted by Crippen LogP contribution is -2.12. The summed E-state index contributed by atoms with van der Waals surface area (Å²) in [5.41, 5.74) is 1.24. The van der Waals surface area contributed by atoms with Crippen LogP contribution in [0.2, 0.25) is 0 Å². The van der Waals surface area contributed by atoms with Gasteiger partial charge >= 0.3 is 5.97 Å². The summed E-state index contributed by atoms with van der Waals surface area (Å²) in [5, 5.41) is 10.6. The molecule has 112 valence electrons. The minimum absolute atomic E-state index is 0.0615. The van der Waals surface area contributed by atoms with Crippen molar-refractivity contribution in [2.75, 3.05) is 0 Å². The van der Waals surface area contributed by atoms with Crippen LogP contribution >= 0.6 is 0 Å². The summed E-state index contributed by atoms with van der Waals surface area (Å²) in [4.78, 5) is 22.0. The molecule has 0 aromatic heterocycles. The number of carbonyl (C=O) groups excluding carboxylic acids is 1. The maximum atomic E-state index is 11.9. The van der Waals surface area contributed by atoms with Gasteiger partial charge < -0.3 is 4.74 Å². The van der Waals surface area contributed by atoms with Crippen LogP contribution in [0.3, 0.4) is 0 Å². The van der Waals surface area contributed by atoms with Crippen LogP contribution in [0.15, 0.2) is 60.7 Å². The Bertz CT molecular complexity index is 678. The zero-order valence-electron chi connectivity index (χ0n) is 12.0. The van der Waals surface area contributed by atoms with Gasteiger partial charge in [0.2, 0.25) is 0 Å². The van der Waals surface area contributed by atoms with Gasteiger partial charge in [-0.25, -0.2) is 4.79 Å². The first-order chi connectivity index (χ1) is 10.6. The van der Waals surface area contributed by atoms with E-state index in [0.29, 0.717) is 0 Å². The first kappa shape index (κ1) is 15.4. The van der Waals surface area contributed by atoms with Crippen molar-refractivity contribution < 1.29 is 14.5 Å². The standard InChI is InChI=1S/C17H15NO4/c1-13(7-8-14-5-3-2-4-6-14)22-17(19)15-9-11-16(12-10-15)18(20)21/h2-13H,1H3/b8-7+/t13-/m1/s1. The van der Waals surface area contributed by atoms with E-state index in [9.17, 15) is 14.9 Å². The van der Waals surface area contributed by atoms with E-state index in [4.69, 9.17) is 4.74 Å². The monoisotopic (exact) mass is 297 g/mol. The molecule has 0 saturated heterocycles. The van der Waals surface area contributed by atoms with Crippen LogP contribution in [0.5, 0.6) is 0 Å². The fraction of sp³-hybridized carbons (Fsp3) is 0.118. The molecule has 5 heteroatoms. The van der Waals surface area contributed by atoms with Crippen LogP contribution in [0.1, 0.15) is 22.8 Å². The van der Waals surface area contributed by atoms with Gasteiger partial charge in [-0.2, -0.15) is 0 Å². The third-order valence-corrected chi connectivity index (χ3v) is 2.97. The van der Waals surface area contributed by atoms with Gasteiger partial charge in [0.25, 0.3) is 5.69 Å². The van der Waals surface area contributed by atoms with Gasteiger partial charge in [-0.1, -0.05) is 36.4 Å². The van der Waals surface area contributed by atoms with Gasteiger partial charge in [0.15, 0.2) is 0 Å². The smallest absolute Gasteiger partial charge is 0.338 e. The maximum absolute atomic E-state index is 11.9. The first-order valence-corrected chi connectivity index (χ1v) is 6.75. The molecule has 0 saturated carbocycles. The number of hydrogen-bond donors (Lipinski definition) is 0. The number of hydrogen-bond acceptors (Lipinski definition) is 4. The summed E-state index contributed by atoms with van der Waals surface area (Å²) in [5.74, 6) is -0.514. The molecular weight excluding hydrogens is 282 g/mol. The van der Waals surface area contributed by atoms with Crippen LogP contribution < -0.4 is 0 Å². The summed E-state index contributed by atoms with van der Waals surface area (Å²) in [6.07, 6.45) is 3.25. The molecule has 0 spiro atoms. The zero-order valence-corrected chi connectivity index (χ0v) is 12.0. The third kappa shape index (κ3) is 4.28. The number of rotatable bonds is 5. The number of nitro groups is 1. The van der Waals surface area contributed by atoms with Crippen molar-refractivity contribution in [3.63, 3.8) is 0 Å². The van der Waals surface area contributed by atoms with Crippen molar-refractivity contribution in [1.29, 1.82) is 0 Å². The van der Waals surface area contributed by atoms with Crippen LogP contribution in [-0.2, 0) is 4.74 Å². The second-order valence-corrected chi connectivity index (χ2v) is 4.68. The predicted molar refractivity (Wildman–Crippen MR) is 83.4 cm³/mol. The van der Waals surface area contributed by atoms with Gasteiger partial charge in [0, 0.05) is 12.1 Å². The number of carbonyl (C=O) groups is 1. The summed E-state index contributed by atoms with van der Waals surface area (Å²) in [7, 11) is 0. The average molecular weight is 297 g/mol. The molecule has 0 radical (unpaired) electrons. The Hall–Kier alpha value is -2.95. The van der Waals surface area contributed by atoms with E-state index >= 15 is 0 Å². The summed E-state index contributed by atoms with van der Waals surface area (Å²) < 4.78 is 5.26. The Balaban J connectivity index is 1.96. The summed E-state index contributed by atoms with van der Waals surface area (Å²) in [6, 6.07) is 15.0. The van der Waals surface area contributed by atoms with E-state index < -0.39 is 17.0 Å². The summed E-state index contributed by atoms with van der Waals surface area (Å²) >= 11 is 0. The largest absolute Gasteiger partial charge is 0.455 e. The topological polar surface area (TPSA) is 69.4 Å². The first-order valence-electron chi connectivity index (χ1n) is 6.75. The quantitative estimate of drug-likeness (QED) is 0.477. The van der Waals surface area contributed by atoms with E-state index in [2.05, 4.69) is 0 Å². The molecule has 0 aliphatic rings. The van der Waals surface area contributed by atoms with Crippen molar-refractivity contribution in [3.05, 3.63) is 81.9 Å². The van der Waals surface area contributed by atoms with E-state index in [1.54, 1.807) is 13.0 Å². The van der Waals surface area contributed by atoms with E-state index in [1.165, 1.54) is 24.3 Å². The van der Waals surface area contributed by atoms with Crippen LogP contribution in [-0.4, -0.2) is 17.0 Å². The summed E-state index contributed by atoms with van der Waals surface area (Å²) in [6.45, 7) is 1.75. The molecule has 22 heavy (non-hydrogen) atoms. The fourth-order valence-electron chi connectivity index (χ4n) is 1.81. The second kappa shape index (κ2) is 7.17. The Morgan fingerprint density at radius 1 is 1.14 bits per heavy atom. The fourth-order valence-corrected chi connectivity index (χ4v) is 1.81. The van der Waals surface area contributed by atoms with Crippen LogP contribution in [0.25, 0.3) is 6.08 Å². The number of esters is 1. The molecule has 2 aromatic carbocycles. The number of non-ortho nitro benzene ring substituents is 1. The molecular formula is C17H15NO4. The molecule has 0 fully saturated rings. The van der Waals surface area contributed by atoms with Crippen molar-refractivity contribution in [2.24, 2.45) is 0 Å². The van der Waals surface area contributed by atoms with Crippen molar-refractivity contribution in [1.82, 2.24) is 0 Å². The third-order valence-electron chi connectivity index (χ3n) is 2.97. The molecule has 0 aliphatic heterocycles. The number of benzene rings is 2. The molecule has 0 amide bonds. The number of ether oxygens (including phenoxy) is 1. The molecule has 0 N–H and O–H groups in total. The van der Waals surface area contributed by atoms with Gasteiger partial charge in [0.05, 0.1) is 10.5 Å². The molecule has 0 heterocycles. The SMILES string of the molecule is C[C@H](/C=C/c1ccccc1)OC(=O)c1ccc([N+](=O)[O-])cc1. The normalized spacial score (nSPS) is 12.0. The van der Waals surface area contributed by atoms with Gasteiger partial charge in [-0.3, -0.25) is 10.1 Å². The van der Waals surface area contributed by atoms with Crippen molar-refractivity contribution >= 4 is 17.7 Å². The highest BCUT2D eigenvalue weighted by Gasteiger charge is 2.12. The Morgan fingerprint density at radius 2 is 1.77 bits per heavy atom. The molecule has 0 bridgehead atoms. The lowest BCUT2D eigenvalue weighted by Gasteiger charge is -2.09. The average Bonchev–Trinajstić information content (AvgIpc) is 2.54. The Kier molecular flexibility index (Phi) is 5.03. The number of nitrogens with zero attached hydrogens (tertiary/aromatic N) is 1. The van der Waals surface area contributed by atoms with Crippen LogP contribution in [0, 0.1) is 10.1 Å². The van der Waals surface area contributed by atoms with Crippen molar-refractivity contribution in [2.45, 2.75) is 13.0 Å². The maximum Gasteiger partial charge on any atom is 0.338 e. The van der Waals surface area contributed by atoms with E-state index in [1.807, 2.05) is 36.4 Å². The Labute approximate surface area is 128 Å². The number of nitro benzene ring substituents is 1. The molecule has 2 rings (SSSR count). The highest BCUT2D eigenvalue weighted by molar-refractivity contribution is 5.89. The van der Waals surface area contributed by atoms with E-state index in [-0.39, 0.29) is 11.3 Å².